The number of ether oxygens (including phenoxy) is 1. The SMILES string of the molecule is CCOC(=O)c1c(NC(=O)C(CC)Sc2cccc(NC(=O)c3ccco3)c2)sc2c1CCC(c1ccccc1)C2. The van der Waals surface area contributed by atoms with E-state index in [2.05, 4.69) is 34.9 Å². The second kappa shape index (κ2) is 13.2. The molecule has 9 heteroatoms. The summed E-state index contributed by atoms with van der Waals surface area (Å²) in [5.74, 6) is -0.310. The molecule has 2 N–H and O–H groups in total. The second-order valence-corrected chi connectivity index (χ2v) is 12.1. The van der Waals surface area contributed by atoms with Crippen LogP contribution in [0.25, 0.3) is 0 Å². The number of hydrogen-bond acceptors (Lipinski definition) is 7. The van der Waals surface area contributed by atoms with Gasteiger partial charge in [0.2, 0.25) is 5.91 Å². The van der Waals surface area contributed by atoms with E-state index in [9.17, 15) is 14.4 Å². The molecule has 0 spiro atoms. The third-order valence-electron chi connectivity index (χ3n) is 7.03. The van der Waals surface area contributed by atoms with Crippen molar-refractivity contribution in [2.24, 2.45) is 0 Å². The predicted molar refractivity (Wildman–Crippen MR) is 163 cm³/mol. The van der Waals surface area contributed by atoms with Crippen molar-refractivity contribution in [3.63, 3.8) is 0 Å². The van der Waals surface area contributed by atoms with Gasteiger partial charge in [-0.3, -0.25) is 9.59 Å². The van der Waals surface area contributed by atoms with Crippen molar-refractivity contribution in [2.45, 2.75) is 55.6 Å². The first-order valence-electron chi connectivity index (χ1n) is 13.8. The Morgan fingerprint density at radius 1 is 1.05 bits per heavy atom. The molecule has 0 saturated carbocycles. The zero-order valence-corrected chi connectivity index (χ0v) is 24.6. The number of anilines is 2. The third-order valence-corrected chi connectivity index (χ3v) is 9.56. The molecule has 0 bridgehead atoms. The van der Waals surface area contributed by atoms with E-state index >= 15 is 0 Å². The highest BCUT2D eigenvalue weighted by molar-refractivity contribution is 8.00. The zero-order chi connectivity index (χ0) is 28.8. The molecule has 4 aromatic rings. The van der Waals surface area contributed by atoms with E-state index in [-0.39, 0.29) is 30.2 Å². The average Bonchev–Trinajstić information content (AvgIpc) is 3.65. The minimum absolute atomic E-state index is 0.175. The molecule has 2 amide bonds. The average molecular weight is 589 g/mol. The van der Waals surface area contributed by atoms with Gasteiger partial charge in [-0.1, -0.05) is 43.3 Å². The van der Waals surface area contributed by atoms with Crippen LogP contribution in [0.5, 0.6) is 0 Å². The topological polar surface area (TPSA) is 97.6 Å². The monoisotopic (exact) mass is 588 g/mol. The van der Waals surface area contributed by atoms with E-state index in [1.165, 1.54) is 34.9 Å². The number of furan rings is 1. The summed E-state index contributed by atoms with van der Waals surface area (Å²) in [6, 6.07) is 21.0. The molecular formula is C32H32N2O5S2. The van der Waals surface area contributed by atoms with Crippen molar-refractivity contribution in [1.82, 2.24) is 0 Å². The Bertz CT molecular complexity index is 1510. The number of carbonyl (C=O) groups excluding carboxylic acids is 3. The molecule has 5 rings (SSSR count). The van der Waals surface area contributed by atoms with E-state index in [1.807, 2.05) is 31.2 Å². The summed E-state index contributed by atoms with van der Waals surface area (Å²) in [6.45, 7) is 4.01. The fourth-order valence-electron chi connectivity index (χ4n) is 5.03. The first-order valence-corrected chi connectivity index (χ1v) is 15.5. The standard InChI is InChI=1S/C32H32N2O5S2/c1-3-26(40-23-13-8-12-22(19-23)33-29(35)25-14-9-17-39-25)30(36)34-31-28(32(37)38-4-2)24-16-15-21(18-27(24)41-31)20-10-6-5-7-11-20/h5-14,17,19,21,26H,3-4,15-16,18H2,1-2H3,(H,33,35)(H,34,36). The lowest BCUT2D eigenvalue weighted by Gasteiger charge is -2.23. The quantitative estimate of drug-likeness (QED) is 0.147. The molecule has 0 saturated heterocycles. The van der Waals surface area contributed by atoms with Crippen molar-refractivity contribution in [3.8, 4) is 0 Å². The third kappa shape index (κ3) is 6.74. The fraction of sp³-hybridized carbons (Fsp3) is 0.281. The number of fused-ring (bicyclic) bond motifs is 1. The predicted octanol–water partition coefficient (Wildman–Crippen LogP) is 7.55. The van der Waals surface area contributed by atoms with Gasteiger partial charge in [-0.25, -0.2) is 4.79 Å². The van der Waals surface area contributed by atoms with Gasteiger partial charge in [0.15, 0.2) is 5.76 Å². The number of thioether (sulfide) groups is 1. The molecule has 1 aliphatic carbocycles. The van der Waals surface area contributed by atoms with Crippen LogP contribution in [0.2, 0.25) is 0 Å². The van der Waals surface area contributed by atoms with Crippen LogP contribution in [-0.4, -0.2) is 29.6 Å². The van der Waals surface area contributed by atoms with Gasteiger partial charge in [-0.05, 0) is 80.0 Å². The van der Waals surface area contributed by atoms with Gasteiger partial charge in [0.25, 0.3) is 5.91 Å². The van der Waals surface area contributed by atoms with Crippen molar-refractivity contribution in [2.75, 3.05) is 17.2 Å². The van der Waals surface area contributed by atoms with Crippen LogP contribution in [0.1, 0.15) is 69.5 Å². The highest BCUT2D eigenvalue weighted by Crippen LogP contribution is 2.43. The highest BCUT2D eigenvalue weighted by Gasteiger charge is 2.32. The highest BCUT2D eigenvalue weighted by atomic mass is 32.2. The molecule has 0 fully saturated rings. The fourth-order valence-corrected chi connectivity index (χ4v) is 7.36. The van der Waals surface area contributed by atoms with Gasteiger partial charge in [-0.15, -0.1) is 23.1 Å². The Hall–Kier alpha value is -3.82. The van der Waals surface area contributed by atoms with Gasteiger partial charge >= 0.3 is 5.97 Å². The summed E-state index contributed by atoms with van der Waals surface area (Å²) in [5.41, 5.74) is 3.39. The molecule has 0 radical (unpaired) electrons. The maximum atomic E-state index is 13.5. The van der Waals surface area contributed by atoms with Crippen LogP contribution in [0.3, 0.4) is 0 Å². The number of carbonyl (C=O) groups is 3. The largest absolute Gasteiger partial charge is 0.462 e. The molecule has 2 atom stereocenters. The minimum Gasteiger partial charge on any atom is -0.462 e. The molecule has 7 nitrogen and oxygen atoms in total. The lowest BCUT2D eigenvalue weighted by atomic mass is 9.83. The van der Waals surface area contributed by atoms with Crippen molar-refractivity contribution in [3.05, 3.63) is 100 Å². The first-order chi connectivity index (χ1) is 20.0. The maximum Gasteiger partial charge on any atom is 0.341 e. The minimum atomic E-state index is -0.405. The summed E-state index contributed by atoms with van der Waals surface area (Å²) in [6.07, 6.45) is 4.56. The summed E-state index contributed by atoms with van der Waals surface area (Å²) in [4.78, 5) is 40.9. The number of thiophene rings is 1. The molecule has 2 aromatic carbocycles. The van der Waals surface area contributed by atoms with Gasteiger partial charge in [0.1, 0.15) is 5.00 Å². The van der Waals surface area contributed by atoms with Crippen LogP contribution in [0, 0.1) is 0 Å². The van der Waals surface area contributed by atoms with E-state index in [0.29, 0.717) is 28.6 Å². The van der Waals surface area contributed by atoms with Crippen molar-refractivity contribution in [1.29, 1.82) is 0 Å². The maximum absolute atomic E-state index is 13.5. The van der Waals surface area contributed by atoms with Crippen LogP contribution < -0.4 is 10.6 Å². The van der Waals surface area contributed by atoms with E-state index in [1.54, 1.807) is 25.1 Å². The molecule has 2 heterocycles. The van der Waals surface area contributed by atoms with Crippen molar-refractivity contribution < 1.29 is 23.5 Å². The molecule has 0 aliphatic heterocycles. The van der Waals surface area contributed by atoms with Gasteiger partial charge in [-0.2, -0.15) is 0 Å². The molecule has 2 unspecified atom stereocenters. The number of rotatable bonds is 10. The molecular weight excluding hydrogens is 556 g/mol. The summed E-state index contributed by atoms with van der Waals surface area (Å²) in [5, 5.41) is 6.05. The normalized spacial score (nSPS) is 15.0. The lowest BCUT2D eigenvalue weighted by Crippen LogP contribution is -2.25. The Morgan fingerprint density at radius 3 is 2.61 bits per heavy atom. The molecule has 212 valence electrons. The smallest absolute Gasteiger partial charge is 0.341 e. The van der Waals surface area contributed by atoms with Gasteiger partial charge in [0, 0.05) is 15.5 Å². The van der Waals surface area contributed by atoms with E-state index in [0.717, 1.165) is 34.6 Å². The van der Waals surface area contributed by atoms with Crippen molar-refractivity contribution >= 4 is 51.6 Å². The van der Waals surface area contributed by atoms with Crippen LogP contribution in [0.4, 0.5) is 10.7 Å². The number of hydrogen-bond donors (Lipinski definition) is 2. The number of benzene rings is 2. The Balaban J connectivity index is 1.32. The van der Waals surface area contributed by atoms with Crippen LogP contribution in [0.15, 0.2) is 82.3 Å². The zero-order valence-electron chi connectivity index (χ0n) is 23.0. The first kappa shape index (κ1) is 28.7. The Labute approximate surface area is 247 Å². The molecule has 41 heavy (non-hydrogen) atoms. The van der Waals surface area contributed by atoms with Gasteiger partial charge < -0.3 is 19.8 Å². The summed E-state index contributed by atoms with van der Waals surface area (Å²) < 4.78 is 10.6. The summed E-state index contributed by atoms with van der Waals surface area (Å²) >= 11 is 2.90. The Morgan fingerprint density at radius 2 is 1.88 bits per heavy atom. The number of amides is 2. The summed E-state index contributed by atoms with van der Waals surface area (Å²) in [7, 11) is 0. The van der Waals surface area contributed by atoms with Gasteiger partial charge in [0.05, 0.1) is 23.7 Å². The van der Waals surface area contributed by atoms with E-state index < -0.39 is 5.25 Å². The van der Waals surface area contributed by atoms with Crippen LogP contribution in [-0.2, 0) is 22.4 Å². The Kier molecular flexibility index (Phi) is 9.26. The molecule has 1 aliphatic rings. The molecule has 2 aromatic heterocycles. The number of esters is 1. The van der Waals surface area contributed by atoms with E-state index in [4.69, 9.17) is 9.15 Å². The lowest BCUT2D eigenvalue weighted by molar-refractivity contribution is -0.115. The second-order valence-electron chi connectivity index (χ2n) is 9.74. The van der Waals surface area contributed by atoms with Crippen LogP contribution >= 0.6 is 23.1 Å². The number of nitrogens with one attached hydrogen (secondary N) is 2.